The van der Waals surface area contributed by atoms with Crippen LogP contribution in [0.15, 0.2) is 54.6 Å². The van der Waals surface area contributed by atoms with Crippen molar-refractivity contribution in [3.05, 3.63) is 71.3 Å². The van der Waals surface area contributed by atoms with Crippen LogP contribution < -0.4 is 5.73 Å². The van der Waals surface area contributed by atoms with Crippen LogP contribution in [0.1, 0.15) is 35.6 Å². The Balaban J connectivity index is 1.84. The fraction of sp³-hybridized carbons (Fsp3) is 0.294. The smallest absolute Gasteiger partial charge is 0.324 e. The summed E-state index contributed by atoms with van der Waals surface area (Å²) in [5, 5.41) is 0. The van der Waals surface area contributed by atoms with E-state index in [4.69, 9.17) is 5.73 Å². The molecule has 4 heteroatoms. The maximum absolute atomic E-state index is 12.4. The summed E-state index contributed by atoms with van der Waals surface area (Å²) in [6, 6.07) is 15.1. The molecule has 0 aliphatic carbocycles. The normalized spacial score (nSPS) is 13.1. The molecule has 112 valence electrons. The predicted molar refractivity (Wildman–Crippen MR) is 77.8 cm³/mol. The Bertz CT molecular complexity index is 546. The summed E-state index contributed by atoms with van der Waals surface area (Å²) in [6.45, 7) is 0. The largest absolute Gasteiger partial charge is 0.416 e. The lowest BCUT2D eigenvalue weighted by molar-refractivity contribution is -0.137. The highest BCUT2D eigenvalue weighted by Gasteiger charge is 2.29. The average molecular weight is 293 g/mol. The van der Waals surface area contributed by atoms with Crippen LogP contribution in [-0.4, -0.2) is 0 Å². The lowest BCUT2D eigenvalue weighted by Gasteiger charge is -2.12. The monoisotopic (exact) mass is 293 g/mol. The van der Waals surface area contributed by atoms with Gasteiger partial charge >= 0.3 is 6.18 Å². The SMILES string of the molecule is NC(CCCc1ccc(C(F)(F)F)cc1)c1ccccc1. The lowest BCUT2D eigenvalue weighted by atomic mass is 9.99. The molecule has 0 heterocycles. The topological polar surface area (TPSA) is 26.0 Å². The van der Waals surface area contributed by atoms with Gasteiger partial charge in [0.1, 0.15) is 0 Å². The van der Waals surface area contributed by atoms with E-state index in [0.717, 1.165) is 42.5 Å². The Labute approximate surface area is 122 Å². The fourth-order valence-corrected chi connectivity index (χ4v) is 2.25. The van der Waals surface area contributed by atoms with E-state index in [2.05, 4.69) is 0 Å². The summed E-state index contributed by atoms with van der Waals surface area (Å²) >= 11 is 0. The van der Waals surface area contributed by atoms with Crippen molar-refractivity contribution < 1.29 is 13.2 Å². The summed E-state index contributed by atoms with van der Waals surface area (Å²) in [5.74, 6) is 0. The molecule has 1 unspecified atom stereocenters. The molecule has 21 heavy (non-hydrogen) atoms. The lowest BCUT2D eigenvalue weighted by Crippen LogP contribution is -2.10. The van der Waals surface area contributed by atoms with Gasteiger partial charge in [0.05, 0.1) is 5.56 Å². The van der Waals surface area contributed by atoms with Gasteiger partial charge < -0.3 is 5.73 Å². The third kappa shape index (κ3) is 4.60. The van der Waals surface area contributed by atoms with Gasteiger partial charge in [-0.2, -0.15) is 13.2 Å². The molecule has 0 radical (unpaired) electrons. The van der Waals surface area contributed by atoms with Crippen LogP contribution in [0, 0.1) is 0 Å². The molecule has 1 nitrogen and oxygen atoms in total. The maximum atomic E-state index is 12.4. The van der Waals surface area contributed by atoms with Gasteiger partial charge in [-0.3, -0.25) is 0 Å². The molecule has 1 atom stereocenters. The molecule has 0 saturated heterocycles. The van der Waals surface area contributed by atoms with Gasteiger partial charge in [-0.05, 0) is 42.5 Å². The molecule has 0 bridgehead atoms. The summed E-state index contributed by atoms with van der Waals surface area (Å²) < 4.78 is 37.3. The van der Waals surface area contributed by atoms with Gasteiger partial charge in [0, 0.05) is 6.04 Å². The Hall–Kier alpha value is -1.81. The number of hydrogen-bond acceptors (Lipinski definition) is 1. The van der Waals surface area contributed by atoms with E-state index >= 15 is 0 Å². The van der Waals surface area contributed by atoms with Crippen molar-refractivity contribution >= 4 is 0 Å². The first-order chi connectivity index (χ1) is 9.97. The quantitative estimate of drug-likeness (QED) is 0.847. The highest BCUT2D eigenvalue weighted by atomic mass is 19.4. The van der Waals surface area contributed by atoms with E-state index in [-0.39, 0.29) is 6.04 Å². The van der Waals surface area contributed by atoms with E-state index in [1.807, 2.05) is 30.3 Å². The number of rotatable bonds is 5. The number of hydrogen-bond donors (Lipinski definition) is 1. The molecule has 0 aliphatic heterocycles. The van der Waals surface area contributed by atoms with E-state index < -0.39 is 11.7 Å². The Morgan fingerprint density at radius 2 is 1.52 bits per heavy atom. The first-order valence-electron chi connectivity index (χ1n) is 6.93. The molecule has 2 aromatic carbocycles. The van der Waals surface area contributed by atoms with Gasteiger partial charge in [-0.25, -0.2) is 0 Å². The van der Waals surface area contributed by atoms with Gasteiger partial charge in [-0.15, -0.1) is 0 Å². The van der Waals surface area contributed by atoms with Crippen molar-refractivity contribution in [2.24, 2.45) is 5.73 Å². The summed E-state index contributed by atoms with van der Waals surface area (Å²) in [5.41, 5.74) is 7.48. The predicted octanol–water partition coefficient (Wildman–Crippen LogP) is 4.73. The summed E-state index contributed by atoms with van der Waals surface area (Å²) in [6.07, 6.45) is -1.88. The molecule has 0 spiro atoms. The molecular formula is C17H18F3N. The van der Waals surface area contributed by atoms with Gasteiger partial charge in [0.2, 0.25) is 0 Å². The minimum atomic E-state index is -4.27. The van der Waals surface area contributed by atoms with Crippen molar-refractivity contribution in [3.8, 4) is 0 Å². The zero-order chi connectivity index (χ0) is 15.3. The van der Waals surface area contributed by atoms with Crippen molar-refractivity contribution in [2.75, 3.05) is 0 Å². The minimum absolute atomic E-state index is 0.0272. The zero-order valence-electron chi connectivity index (χ0n) is 11.6. The first kappa shape index (κ1) is 15.6. The fourth-order valence-electron chi connectivity index (χ4n) is 2.25. The maximum Gasteiger partial charge on any atom is 0.416 e. The second-order valence-corrected chi connectivity index (χ2v) is 5.10. The number of alkyl halides is 3. The minimum Gasteiger partial charge on any atom is -0.324 e. The van der Waals surface area contributed by atoms with E-state index in [1.165, 1.54) is 12.1 Å². The number of benzene rings is 2. The second kappa shape index (κ2) is 6.76. The van der Waals surface area contributed by atoms with Crippen LogP contribution in [0.25, 0.3) is 0 Å². The van der Waals surface area contributed by atoms with E-state index in [1.54, 1.807) is 0 Å². The van der Waals surface area contributed by atoms with Gasteiger partial charge in [-0.1, -0.05) is 42.5 Å². The molecule has 0 aliphatic rings. The number of halogens is 3. The molecule has 0 amide bonds. The molecule has 2 rings (SSSR count). The second-order valence-electron chi connectivity index (χ2n) is 5.10. The van der Waals surface area contributed by atoms with Crippen LogP contribution in [0.3, 0.4) is 0 Å². The third-order valence-corrected chi connectivity index (χ3v) is 3.49. The van der Waals surface area contributed by atoms with Crippen LogP contribution in [0.2, 0.25) is 0 Å². The Kier molecular flexibility index (Phi) is 5.02. The Morgan fingerprint density at radius 1 is 0.905 bits per heavy atom. The average Bonchev–Trinajstić information content (AvgIpc) is 2.47. The van der Waals surface area contributed by atoms with E-state index in [9.17, 15) is 13.2 Å². The van der Waals surface area contributed by atoms with Crippen molar-refractivity contribution in [1.29, 1.82) is 0 Å². The van der Waals surface area contributed by atoms with Crippen molar-refractivity contribution in [1.82, 2.24) is 0 Å². The molecule has 0 aromatic heterocycles. The van der Waals surface area contributed by atoms with Gasteiger partial charge in [0.15, 0.2) is 0 Å². The summed E-state index contributed by atoms with van der Waals surface area (Å²) in [7, 11) is 0. The first-order valence-corrected chi connectivity index (χ1v) is 6.93. The number of nitrogens with two attached hydrogens (primary N) is 1. The standard InChI is InChI=1S/C17H18F3N/c18-17(19,20)15-11-9-13(10-12-15)5-4-8-16(21)14-6-2-1-3-7-14/h1-3,6-7,9-12,16H,4-5,8,21H2. The molecular weight excluding hydrogens is 275 g/mol. The van der Waals surface area contributed by atoms with Gasteiger partial charge in [0.25, 0.3) is 0 Å². The van der Waals surface area contributed by atoms with Crippen LogP contribution >= 0.6 is 0 Å². The van der Waals surface area contributed by atoms with Crippen LogP contribution in [0.5, 0.6) is 0 Å². The molecule has 2 N–H and O–H groups in total. The molecule has 2 aromatic rings. The van der Waals surface area contributed by atoms with E-state index in [0.29, 0.717) is 0 Å². The Morgan fingerprint density at radius 3 is 2.10 bits per heavy atom. The molecule has 0 fully saturated rings. The van der Waals surface area contributed by atoms with Crippen molar-refractivity contribution in [2.45, 2.75) is 31.5 Å². The van der Waals surface area contributed by atoms with Crippen LogP contribution in [-0.2, 0) is 12.6 Å². The van der Waals surface area contributed by atoms with Crippen LogP contribution in [0.4, 0.5) is 13.2 Å². The zero-order valence-corrected chi connectivity index (χ0v) is 11.6. The van der Waals surface area contributed by atoms with Crippen molar-refractivity contribution in [3.63, 3.8) is 0 Å². The highest BCUT2D eigenvalue weighted by molar-refractivity contribution is 5.24. The highest BCUT2D eigenvalue weighted by Crippen LogP contribution is 2.29. The third-order valence-electron chi connectivity index (χ3n) is 3.49. The molecule has 0 saturated carbocycles. The summed E-state index contributed by atoms with van der Waals surface area (Å²) in [4.78, 5) is 0. The number of aryl methyl sites for hydroxylation is 1.